The lowest BCUT2D eigenvalue weighted by Gasteiger charge is -2.38. The molecule has 5 heterocycles. The molecule has 4 aromatic rings. The average Bonchev–Trinajstić information content (AvgIpc) is 3.83. The normalized spacial score (nSPS) is 27.5. The fourth-order valence-corrected chi connectivity index (χ4v) is 7.23. The second-order valence-electron chi connectivity index (χ2n) is 13.4. The second kappa shape index (κ2) is 17.2. The lowest BCUT2D eigenvalue weighted by Crippen LogP contribution is -2.49. The summed E-state index contributed by atoms with van der Waals surface area (Å²) in [7, 11) is -5.11. The summed E-state index contributed by atoms with van der Waals surface area (Å²) in [5, 5.41) is 32.5. The standard InChI is InChI=1S/C34H45N6O13P/c1-18(49-34-23(41)13-24(19(2)50-34)52-33(45)21-14-36-22-11-8-7-10-20(21)22)9-5-3-4-6-12-26(42)53-54(46,47)48-15-25-28(43)29(44)32(51-25)40-17-39-27-30(35)37-16-38-31(27)40/h7-8,10-11,14,16-19,23-25,28-29,32,34,36,41,43-44H,3-6,9,12-13,15H2,1-2H3,(H,46,47)(H2,35,37,38)/p-1/t18-,19+,23-,24-,25-,28-,29-,32-,34-/m1/s1. The molecule has 54 heavy (non-hydrogen) atoms. The number of imidazole rings is 1. The Morgan fingerprint density at radius 2 is 1.89 bits per heavy atom. The van der Waals surface area contributed by atoms with Gasteiger partial charge in [-0.25, -0.2) is 19.7 Å². The highest BCUT2D eigenvalue weighted by Crippen LogP contribution is 2.41. The third-order valence-electron chi connectivity index (χ3n) is 9.44. The van der Waals surface area contributed by atoms with Crippen LogP contribution in [-0.4, -0.2) is 107 Å². The van der Waals surface area contributed by atoms with Gasteiger partial charge in [-0.05, 0) is 32.8 Å². The molecule has 6 N–H and O–H groups in total. The van der Waals surface area contributed by atoms with Crippen LogP contribution < -0.4 is 10.6 Å². The van der Waals surface area contributed by atoms with E-state index in [1.165, 1.54) is 17.2 Å². The van der Waals surface area contributed by atoms with Crippen LogP contribution >= 0.6 is 7.82 Å². The Morgan fingerprint density at radius 1 is 1.11 bits per heavy atom. The molecule has 0 bridgehead atoms. The first kappa shape index (κ1) is 39.6. The first-order chi connectivity index (χ1) is 25.8. The molecule has 2 aliphatic rings. The number of nitrogens with zero attached hydrogens (tertiary/aromatic N) is 4. The average molecular weight is 776 g/mol. The zero-order chi connectivity index (χ0) is 38.6. The van der Waals surface area contributed by atoms with Crippen molar-refractivity contribution in [2.24, 2.45) is 0 Å². The Kier molecular flexibility index (Phi) is 12.6. The van der Waals surface area contributed by atoms with Crippen molar-refractivity contribution in [2.75, 3.05) is 12.3 Å². The van der Waals surface area contributed by atoms with E-state index in [0.717, 1.165) is 17.3 Å². The zero-order valence-corrected chi connectivity index (χ0v) is 30.5. The minimum Gasteiger partial charge on any atom is -0.746 e. The highest BCUT2D eigenvalue weighted by atomic mass is 31.2. The molecule has 3 aromatic heterocycles. The van der Waals surface area contributed by atoms with Crippen molar-refractivity contribution in [2.45, 2.75) is 114 Å². The number of benzene rings is 1. The summed E-state index contributed by atoms with van der Waals surface area (Å²) in [5.74, 6) is -1.41. The Labute approximate surface area is 309 Å². The van der Waals surface area contributed by atoms with E-state index in [1.807, 2.05) is 31.2 Å². The smallest absolute Gasteiger partial charge is 0.340 e. The van der Waals surface area contributed by atoms with Crippen LogP contribution in [0.15, 0.2) is 43.1 Å². The van der Waals surface area contributed by atoms with Gasteiger partial charge < -0.3 is 58.9 Å². The summed E-state index contributed by atoms with van der Waals surface area (Å²) in [6.45, 7) is 2.89. The number of phosphoric acid groups is 1. The molecule has 6 rings (SSSR count). The largest absolute Gasteiger partial charge is 0.746 e. The third-order valence-corrected chi connectivity index (χ3v) is 10.3. The van der Waals surface area contributed by atoms with E-state index < -0.39 is 75.5 Å². The number of carbonyl (C=O) groups is 2. The minimum atomic E-state index is -5.11. The number of esters is 1. The van der Waals surface area contributed by atoms with Gasteiger partial charge in [-0.1, -0.05) is 37.5 Å². The van der Waals surface area contributed by atoms with Gasteiger partial charge >= 0.3 is 19.8 Å². The van der Waals surface area contributed by atoms with Gasteiger partial charge in [0.05, 0.1) is 30.7 Å². The molecule has 0 radical (unpaired) electrons. The van der Waals surface area contributed by atoms with Crippen molar-refractivity contribution in [3.8, 4) is 0 Å². The Balaban J connectivity index is 0.844. The van der Waals surface area contributed by atoms with Crippen molar-refractivity contribution in [3.63, 3.8) is 0 Å². The first-order valence-electron chi connectivity index (χ1n) is 17.7. The molecule has 19 nitrogen and oxygen atoms in total. The number of nitrogens with two attached hydrogens (primary N) is 1. The highest BCUT2D eigenvalue weighted by molar-refractivity contribution is 7.46. The van der Waals surface area contributed by atoms with Crippen molar-refractivity contribution in [1.82, 2.24) is 24.5 Å². The zero-order valence-electron chi connectivity index (χ0n) is 29.6. The predicted molar refractivity (Wildman–Crippen MR) is 186 cm³/mol. The van der Waals surface area contributed by atoms with Crippen LogP contribution in [0.5, 0.6) is 0 Å². The first-order valence-corrected chi connectivity index (χ1v) is 19.2. The number of nitrogens with one attached hydrogen (secondary N) is 1. The van der Waals surface area contributed by atoms with E-state index in [-0.39, 0.29) is 35.9 Å². The molecule has 2 fully saturated rings. The van der Waals surface area contributed by atoms with Crippen LogP contribution in [0.25, 0.3) is 22.1 Å². The number of phosphoric ester groups is 1. The van der Waals surface area contributed by atoms with Gasteiger partial charge in [0.25, 0.3) is 0 Å². The van der Waals surface area contributed by atoms with Gasteiger partial charge in [0.1, 0.15) is 42.4 Å². The van der Waals surface area contributed by atoms with Gasteiger partial charge in [0, 0.05) is 29.9 Å². The van der Waals surface area contributed by atoms with E-state index in [4.69, 9.17) is 29.2 Å². The molecule has 1 aromatic carbocycles. The molecule has 20 heteroatoms. The number of hydrogen-bond acceptors (Lipinski definition) is 17. The molecular weight excluding hydrogens is 731 g/mol. The number of aliphatic hydroxyl groups excluding tert-OH is 3. The predicted octanol–water partition coefficient (Wildman–Crippen LogP) is 2.00. The second-order valence-corrected chi connectivity index (χ2v) is 14.8. The number of aliphatic hydroxyl groups is 3. The maximum atomic E-state index is 12.9. The summed E-state index contributed by atoms with van der Waals surface area (Å²) in [5.41, 5.74) is 7.50. The Morgan fingerprint density at radius 3 is 2.70 bits per heavy atom. The van der Waals surface area contributed by atoms with Gasteiger partial charge in [-0.3, -0.25) is 13.9 Å². The summed E-state index contributed by atoms with van der Waals surface area (Å²) < 4.78 is 46.2. The van der Waals surface area contributed by atoms with Crippen LogP contribution in [0.1, 0.15) is 75.4 Å². The van der Waals surface area contributed by atoms with E-state index in [1.54, 1.807) is 13.1 Å². The monoisotopic (exact) mass is 775 g/mol. The number of fused-ring (bicyclic) bond motifs is 2. The summed E-state index contributed by atoms with van der Waals surface area (Å²) in [6.07, 6.45) is -1.72. The van der Waals surface area contributed by atoms with E-state index in [0.29, 0.717) is 31.2 Å². The van der Waals surface area contributed by atoms with E-state index in [2.05, 4.69) is 24.5 Å². The van der Waals surface area contributed by atoms with Crippen LogP contribution in [0.2, 0.25) is 0 Å². The number of H-pyrrole nitrogens is 1. The topological polar surface area (TPSA) is 276 Å². The molecule has 0 amide bonds. The molecule has 2 aliphatic heterocycles. The molecule has 10 atom stereocenters. The highest BCUT2D eigenvalue weighted by Gasteiger charge is 2.45. The minimum absolute atomic E-state index is 0.0997. The van der Waals surface area contributed by atoms with Gasteiger partial charge in [0.2, 0.25) is 0 Å². The number of anilines is 1. The Bertz CT molecular complexity index is 1960. The maximum Gasteiger partial charge on any atom is 0.340 e. The number of unbranched alkanes of at least 4 members (excludes halogenated alkanes) is 3. The number of aromatic amines is 1. The maximum absolute atomic E-state index is 12.9. The fourth-order valence-electron chi connectivity index (χ4n) is 6.50. The quantitative estimate of drug-likeness (QED) is 0.0618. The number of rotatable bonds is 16. The summed E-state index contributed by atoms with van der Waals surface area (Å²) in [4.78, 5) is 52.5. The number of hydrogen-bond donors (Lipinski definition) is 5. The molecule has 0 spiro atoms. The molecule has 2 saturated heterocycles. The van der Waals surface area contributed by atoms with Crippen molar-refractivity contribution < 1.29 is 62.4 Å². The van der Waals surface area contributed by atoms with E-state index in [9.17, 15) is 34.4 Å². The van der Waals surface area contributed by atoms with Crippen LogP contribution in [-0.2, 0) is 37.4 Å². The van der Waals surface area contributed by atoms with Crippen molar-refractivity contribution >= 4 is 47.6 Å². The van der Waals surface area contributed by atoms with Gasteiger partial charge in [-0.2, -0.15) is 0 Å². The molecule has 1 unspecified atom stereocenters. The number of aromatic nitrogens is 5. The number of para-hydroxylation sites is 1. The van der Waals surface area contributed by atoms with Gasteiger partial charge in [-0.15, -0.1) is 0 Å². The summed E-state index contributed by atoms with van der Waals surface area (Å²) in [6, 6.07) is 7.39. The fraction of sp³-hybridized carbons (Fsp3) is 0.559. The summed E-state index contributed by atoms with van der Waals surface area (Å²) >= 11 is 0. The van der Waals surface area contributed by atoms with Crippen molar-refractivity contribution in [1.29, 1.82) is 0 Å². The molecule has 0 saturated carbocycles. The lowest BCUT2D eigenvalue weighted by atomic mass is 10.0. The molecule has 0 aliphatic carbocycles. The third kappa shape index (κ3) is 9.24. The van der Waals surface area contributed by atoms with Gasteiger partial charge in [0.15, 0.2) is 24.0 Å². The lowest BCUT2D eigenvalue weighted by molar-refractivity contribution is -0.273. The Hall–Kier alpha value is -4.04. The van der Waals surface area contributed by atoms with Crippen molar-refractivity contribution in [3.05, 3.63) is 48.7 Å². The number of carbonyl (C=O) groups excluding carboxylic acids is 2. The van der Waals surface area contributed by atoms with Crippen LogP contribution in [0.4, 0.5) is 5.82 Å². The SMILES string of the molecule is C[C@H](CCCCCCC(=O)OP(=O)([O-])OC[C@H]1O[C@@H](n2cnc3c(N)ncnc32)[C@H](O)[C@@H]1O)O[C@@H]1O[C@@H](C)[C@H](OC(=O)c2c[nH]c3ccccc23)C[C@H]1O. The number of ether oxygens (including phenoxy) is 4. The number of nitrogen functional groups attached to an aromatic ring is 1. The van der Waals surface area contributed by atoms with E-state index >= 15 is 0 Å². The molecular formula is C34H44N6O13P-. The van der Waals surface area contributed by atoms with Crippen LogP contribution in [0.3, 0.4) is 0 Å². The van der Waals surface area contributed by atoms with Crippen LogP contribution in [0, 0.1) is 0 Å². The molecule has 294 valence electrons.